The first-order valence-electron chi connectivity index (χ1n) is 10.1. The lowest BCUT2D eigenvalue weighted by Crippen LogP contribution is -2.49. The minimum atomic E-state index is 0.190. The first kappa shape index (κ1) is 18.8. The van der Waals surface area contributed by atoms with Crippen molar-refractivity contribution in [2.75, 3.05) is 31.1 Å². The average Bonchev–Trinajstić information content (AvgIpc) is 3.25. The second-order valence-corrected chi connectivity index (χ2v) is 8.45. The first-order chi connectivity index (χ1) is 14.8. The van der Waals surface area contributed by atoms with Crippen molar-refractivity contribution in [1.29, 1.82) is 0 Å². The Labute approximate surface area is 179 Å². The van der Waals surface area contributed by atoms with Crippen LogP contribution in [0.25, 0.3) is 20.7 Å². The van der Waals surface area contributed by atoms with E-state index >= 15 is 0 Å². The highest BCUT2D eigenvalue weighted by atomic mass is 32.1. The number of nitrogens with zero attached hydrogens (tertiary/aromatic N) is 4. The van der Waals surface area contributed by atoms with Crippen molar-refractivity contribution in [2.24, 2.45) is 0 Å². The minimum Gasteiger partial charge on any atom is -0.352 e. The molecule has 1 saturated heterocycles. The van der Waals surface area contributed by atoms with E-state index in [1.165, 1.54) is 10.4 Å². The molecule has 5 nitrogen and oxygen atoms in total. The molecule has 0 saturated carbocycles. The van der Waals surface area contributed by atoms with Gasteiger partial charge in [0, 0.05) is 31.1 Å². The molecule has 0 radical (unpaired) electrons. The van der Waals surface area contributed by atoms with E-state index in [1.54, 1.807) is 17.7 Å². The molecule has 2 aromatic heterocycles. The van der Waals surface area contributed by atoms with Gasteiger partial charge in [0.25, 0.3) is 0 Å². The first-order valence-corrected chi connectivity index (χ1v) is 11.0. The Morgan fingerprint density at radius 2 is 1.60 bits per heavy atom. The Bertz CT molecular complexity index is 1150. The third kappa shape index (κ3) is 3.78. The van der Waals surface area contributed by atoms with Crippen molar-refractivity contribution >= 4 is 33.3 Å². The Hall–Kier alpha value is -3.25. The van der Waals surface area contributed by atoms with Crippen LogP contribution in [-0.2, 0) is 11.2 Å². The summed E-state index contributed by atoms with van der Waals surface area (Å²) < 4.78 is 0. The van der Waals surface area contributed by atoms with Gasteiger partial charge in [0.15, 0.2) is 0 Å². The van der Waals surface area contributed by atoms with Gasteiger partial charge in [-0.05, 0) is 17.2 Å². The van der Waals surface area contributed by atoms with Crippen LogP contribution in [0.1, 0.15) is 5.56 Å². The summed E-state index contributed by atoms with van der Waals surface area (Å²) in [5.74, 6) is 1.16. The Kier molecular flexibility index (Phi) is 5.15. The smallest absolute Gasteiger partial charge is 0.227 e. The number of fused-ring (bicyclic) bond motifs is 1. The summed E-state index contributed by atoms with van der Waals surface area (Å²) in [6.45, 7) is 2.99. The highest BCUT2D eigenvalue weighted by Gasteiger charge is 2.24. The molecule has 1 amide bonds. The Morgan fingerprint density at radius 3 is 2.33 bits per heavy atom. The fraction of sp³-hybridized carbons (Fsp3) is 0.208. The number of amides is 1. The number of hydrogen-bond acceptors (Lipinski definition) is 5. The van der Waals surface area contributed by atoms with Crippen LogP contribution in [0, 0.1) is 0 Å². The molecule has 3 heterocycles. The topological polar surface area (TPSA) is 49.3 Å². The van der Waals surface area contributed by atoms with Gasteiger partial charge in [0.05, 0.1) is 11.8 Å². The zero-order valence-corrected chi connectivity index (χ0v) is 17.4. The number of aromatic nitrogens is 2. The van der Waals surface area contributed by atoms with E-state index in [2.05, 4.69) is 45.2 Å². The molecule has 5 rings (SSSR count). The number of thiophene rings is 1. The molecule has 1 aliphatic heterocycles. The van der Waals surface area contributed by atoms with Crippen molar-refractivity contribution in [3.8, 4) is 10.4 Å². The maximum Gasteiger partial charge on any atom is 0.227 e. The molecule has 1 aliphatic rings. The summed E-state index contributed by atoms with van der Waals surface area (Å²) in [7, 11) is 0. The molecular weight excluding hydrogens is 392 g/mol. The van der Waals surface area contributed by atoms with Gasteiger partial charge >= 0.3 is 0 Å². The molecule has 0 spiro atoms. The second-order valence-electron chi connectivity index (χ2n) is 7.42. The van der Waals surface area contributed by atoms with Gasteiger partial charge in [-0.3, -0.25) is 4.79 Å². The Balaban J connectivity index is 1.31. The molecule has 0 N–H and O–H groups in total. The van der Waals surface area contributed by atoms with Crippen molar-refractivity contribution in [1.82, 2.24) is 14.9 Å². The molecule has 30 heavy (non-hydrogen) atoms. The lowest BCUT2D eigenvalue weighted by molar-refractivity contribution is -0.130. The zero-order chi connectivity index (χ0) is 20.3. The number of carbonyl (C=O) groups is 1. The van der Waals surface area contributed by atoms with Crippen LogP contribution < -0.4 is 4.90 Å². The highest BCUT2D eigenvalue weighted by Crippen LogP contribution is 2.36. The van der Waals surface area contributed by atoms with Crippen molar-refractivity contribution in [3.63, 3.8) is 0 Å². The van der Waals surface area contributed by atoms with Gasteiger partial charge in [-0.25, -0.2) is 9.97 Å². The van der Waals surface area contributed by atoms with E-state index in [4.69, 9.17) is 0 Å². The Morgan fingerprint density at radius 1 is 0.900 bits per heavy atom. The van der Waals surface area contributed by atoms with Crippen molar-refractivity contribution in [3.05, 3.63) is 78.6 Å². The summed E-state index contributed by atoms with van der Waals surface area (Å²) in [4.78, 5) is 28.2. The van der Waals surface area contributed by atoms with Gasteiger partial charge in [0.1, 0.15) is 17.0 Å². The van der Waals surface area contributed by atoms with Gasteiger partial charge in [-0.15, -0.1) is 11.3 Å². The molecule has 0 unspecified atom stereocenters. The zero-order valence-electron chi connectivity index (χ0n) is 16.6. The predicted octanol–water partition coefficient (Wildman–Crippen LogP) is 4.25. The lowest BCUT2D eigenvalue weighted by Gasteiger charge is -2.35. The monoisotopic (exact) mass is 414 g/mol. The third-order valence-corrected chi connectivity index (χ3v) is 6.59. The molecule has 6 heteroatoms. The maximum atomic E-state index is 12.7. The van der Waals surface area contributed by atoms with E-state index in [-0.39, 0.29) is 5.91 Å². The maximum absolute atomic E-state index is 12.7. The van der Waals surface area contributed by atoms with Crippen LogP contribution in [0.15, 0.2) is 73.1 Å². The second kappa shape index (κ2) is 8.24. The molecule has 150 valence electrons. The molecule has 0 aliphatic carbocycles. The number of anilines is 1. The molecule has 0 atom stereocenters. The number of benzene rings is 2. The van der Waals surface area contributed by atoms with Crippen LogP contribution in [-0.4, -0.2) is 47.0 Å². The summed E-state index contributed by atoms with van der Waals surface area (Å²) in [6, 6.07) is 22.5. The molecule has 1 fully saturated rings. The average molecular weight is 415 g/mol. The largest absolute Gasteiger partial charge is 0.352 e. The minimum absolute atomic E-state index is 0.190. The third-order valence-electron chi connectivity index (χ3n) is 5.50. The fourth-order valence-electron chi connectivity index (χ4n) is 3.89. The van der Waals surface area contributed by atoms with Gasteiger partial charge in [-0.1, -0.05) is 60.7 Å². The van der Waals surface area contributed by atoms with Crippen molar-refractivity contribution < 1.29 is 4.79 Å². The summed E-state index contributed by atoms with van der Waals surface area (Å²) in [6.07, 6.45) is 2.11. The molecule has 2 aromatic carbocycles. The highest BCUT2D eigenvalue weighted by molar-refractivity contribution is 7.21. The number of rotatable bonds is 4. The molecule has 0 bridgehead atoms. The van der Waals surface area contributed by atoms with Crippen molar-refractivity contribution in [2.45, 2.75) is 6.42 Å². The van der Waals surface area contributed by atoms with E-state index < -0.39 is 0 Å². The fourth-order valence-corrected chi connectivity index (χ4v) is 4.89. The van der Waals surface area contributed by atoms with Crippen LogP contribution in [0.4, 0.5) is 5.82 Å². The van der Waals surface area contributed by atoms with Crippen LogP contribution in [0.2, 0.25) is 0 Å². The van der Waals surface area contributed by atoms with Gasteiger partial charge < -0.3 is 9.80 Å². The van der Waals surface area contributed by atoms with Crippen LogP contribution in [0.5, 0.6) is 0 Å². The number of carbonyl (C=O) groups excluding carboxylic acids is 1. The SMILES string of the molecule is O=C(Cc1ccccc1)N1CCN(c2ncnc3sc(-c4ccccc4)cc23)CC1. The van der Waals surface area contributed by atoms with E-state index in [0.29, 0.717) is 19.5 Å². The van der Waals surface area contributed by atoms with Gasteiger partial charge in [0.2, 0.25) is 5.91 Å². The van der Waals surface area contributed by atoms with E-state index in [0.717, 1.165) is 34.7 Å². The quantitative estimate of drug-likeness (QED) is 0.501. The lowest BCUT2D eigenvalue weighted by atomic mass is 10.1. The van der Waals surface area contributed by atoms with E-state index in [1.807, 2.05) is 41.3 Å². The van der Waals surface area contributed by atoms with Crippen LogP contribution in [0.3, 0.4) is 0 Å². The summed E-state index contributed by atoms with van der Waals surface area (Å²) >= 11 is 1.69. The standard InChI is InChI=1S/C24H22N4OS/c29-22(15-18-7-3-1-4-8-18)27-11-13-28(14-12-27)23-20-16-21(19-9-5-2-6-10-19)30-24(20)26-17-25-23/h1-10,16-17H,11-15H2. The van der Waals surface area contributed by atoms with Crippen LogP contribution >= 0.6 is 11.3 Å². The number of piperazine rings is 1. The molecular formula is C24H22N4OS. The van der Waals surface area contributed by atoms with E-state index in [9.17, 15) is 4.79 Å². The normalized spacial score (nSPS) is 14.3. The van der Waals surface area contributed by atoms with Gasteiger partial charge in [-0.2, -0.15) is 0 Å². The molecule has 4 aromatic rings. The predicted molar refractivity (Wildman–Crippen MR) is 122 cm³/mol. The summed E-state index contributed by atoms with van der Waals surface area (Å²) in [5, 5.41) is 1.09. The summed E-state index contributed by atoms with van der Waals surface area (Å²) in [5.41, 5.74) is 2.26. The number of hydrogen-bond donors (Lipinski definition) is 0.